The lowest BCUT2D eigenvalue weighted by Crippen LogP contribution is -2.30. The standard InChI is InChI=1S/C15H14O5/c1-19-14(17)11-7-9-5-3-4-6-10(9)8-12(13(11)16)15(18)20-2/h3-7,12H,8H2,1-2H3. The second kappa shape index (κ2) is 5.69. The molecular formula is C15H14O5. The van der Waals surface area contributed by atoms with Crippen molar-refractivity contribution < 1.29 is 23.9 Å². The van der Waals surface area contributed by atoms with Crippen molar-refractivity contribution in [3.05, 3.63) is 41.0 Å². The van der Waals surface area contributed by atoms with Gasteiger partial charge < -0.3 is 9.47 Å². The number of methoxy groups -OCH3 is 2. The maximum atomic E-state index is 12.3. The Hall–Kier alpha value is -2.43. The van der Waals surface area contributed by atoms with Crippen molar-refractivity contribution in [3.63, 3.8) is 0 Å². The van der Waals surface area contributed by atoms with Crippen LogP contribution in [0.2, 0.25) is 0 Å². The summed E-state index contributed by atoms with van der Waals surface area (Å²) in [5, 5.41) is 0. The van der Waals surface area contributed by atoms with E-state index < -0.39 is 23.6 Å². The highest BCUT2D eigenvalue weighted by atomic mass is 16.5. The van der Waals surface area contributed by atoms with E-state index in [2.05, 4.69) is 9.47 Å². The van der Waals surface area contributed by atoms with Crippen LogP contribution in [0.1, 0.15) is 11.1 Å². The fourth-order valence-electron chi connectivity index (χ4n) is 2.19. The first-order valence-electron chi connectivity index (χ1n) is 6.08. The van der Waals surface area contributed by atoms with Crippen LogP contribution in [0.25, 0.3) is 6.08 Å². The molecule has 0 aromatic heterocycles. The Morgan fingerprint density at radius 3 is 2.50 bits per heavy atom. The van der Waals surface area contributed by atoms with Crippen LogP contribution in [-0.4, -0.2) is 31.9 Å². The molecule has 1 aliphatic carbocycles. The molecule has 1 unspecified atom stereocenters. The molecule has 0 amide bonds. The summed E-state index contributed by atoms with van der Waals surface area (Å²) in [5.41, 5.74) is 1.41. The van der Waals surface area contributed by atoms with Crippen molar-refractivity contribution in [2.75, 3.05) is 14.2 Å². The van der Waals surface area contributed by atoms with Crippen molar-refractivity contribution in [1.82, 2.24) is 0 Å². The molecule has 0 spiro atoms. The lowest BCUT2D eigenvalue weighted by molar-refractivity contribution is -0.149. The van der Waals surface area contributed by atoms with E-state index >= 15 is 0 Å². The molecule has 0 radical (unpaired) electrons. The summed E-state index contributed by atoms with van der Waals surface area (Å²) in [6, 6.07) is 7.21. The number of carbonyl (C=O) groups is 3. The normalized spacial score (nSPS) is 17.6. The topological polar surface area (TPSA) is 69.7 Å². The van der Waals surface area contributed by atoms with E-state index in [0.29, 0.717) is 0 Å². The highest BCUT2D eigenvalue weighted by Gasteiger charge is 2.35. The number of ether oxygens (including phenoxy) is 2. The molecular weight excluding hydrogens is 260 g/mol. The summed E-state index contributed by atoms with van der Waals surface area (Å²) in [6.07, 6.45) is 1.67. The van der Waals surface area contributed by atoms with Crippen LogP contribution in [0.3, 0.4) is 0 Å². The summed E-state index contributed by atoms with van der Waals surface area (Å²) >= 11 is 0. The summed E-state index contributed by atoms with van der Waals surface area (Å²) in [7, 11) is 2.41. The fraction of sp³-hybridized carbons (Fsp3) is 0.267. The van der Waals surface area contributed by atoms with E-state index in [9.17, 15) is 14.4 Å². The number of hydrogen-bond acceptors (Lipinski definition) is 5. The molecule has 5 nitrogen and oxygen atoms in total. The third-order valence-corrected chi connectivity index (χ3v) is 3.25. The van der Waals surface area contributed by atoms with Gasteiger partial charge in [-0.25, -0.2) is 4.79 Å². The van der Waals surface area contributed by atoms with E-state index in [0.717, 1.165) is 11.1 Å². The Morgan fingerprint density at radius 2 is 1.85 bits per heavy atom. The molecule has 1 aliphatic rings. The Labute approximate surface area is 116 Å². The summed E-state index contributed by atoms with van der Waals surface area (Å²) in [6.45, 7) is 0. The molecule has 1 aromatic rings. The van der Waals surface area contributed by atoms with E-state index in [1.165, 1.54) is 20.3 Å². The molecule has 0 saturated heterocycles. The Balaban J connectivity index is 2.55. The average Bonchev–Trinajstić information content (AvgIpc) is 2.63. The third-order valence-electron chi connectivity index (χ3n) is 3.25. The molecule has 1 aromatic carbocycles. The van der Waals surface area contributed by atoms with Crippen LogP contribution in [0, 0.1) is 5.92 Å². The van der Waals surface area contributed by atoms with E-state index in [4.69, 9.17) is 0 Å². The monoisotopic (exact) mass is 274 g/mol. The quantitative estimate of drug-likeness (QED) is 0.460. The second-order valence-corrected chi connectivity index (χ2v) is 4.39. The van der Waals surface area contributed by atoms with Gasteiger partial charge in [-0.3, -0.25) is 9.59 Å². The Morgan fingerprint density at radius 1 is 1.15 bits per heavy atom. The molecule has 2 rings (SSSR count). The second-order valence-electron chi connectivity index (χ2n) is 4.39. The minimum Gasteiger partial charge on any atom is -0.468 e. The van der Waals surface area contributed by atoms with Crippen molar-refractivity contribution in [1.29, 1.82) is 0 Å². The van der Waals surface area contributed by atoms with Gasteiger partial charge in [0.05, 0.1) is 14.2 Å². The maximum absolute atomic E-state index is 12.3. The summed E-state index contributed by atoms with van der Waals surface area (Å²) < 4.78 is 9.27. The number of rotatable bonds is 2. The fourth-order valence-corrected chi connectivity index (χ4v) is 2.19. The Bertz CT molecular complexity index is 600. The smallest absolute Gasteiger partial charge is 0.341 e. The van der Waals surface area contributed by atoms with E-state index in [1.807, 2.05) is 12.1 Å². The van der Waals surface area contributed by atoms with Gasteiger partial charge in [-0.15, -0.1) is 0 Å². The highest BCUT2D eigenvalue weighted by molar-refractivity contribution is 6.25. The number of ketones is 1. The van der Waals surface area contributed by atoms with Crippen molar-refractivity contribution >= 4 is 23.8 Å². The van der Waals surface area contributed by atoms with Crippen LogP contribution < -0.4 is 0 Å². The van der Waals surface area contributed by atoms with Gasteiger partial charge in [0.2, 0.25) is 0 Å². The van der Waals surface area contributed by atoms with Gasteiger partial charge in [0.1, 0.15) is 11.5 Å². The van der Waals surface area contributed by atoms with Crippen molar-refractivity contribution in [2.24, 2.45) is 5.92 Å². The van der Waals surface area contributed by atoms with Crippen LogP contribution in [0.15, 0.2) is 29.8 Å². The van der Waals surface area contributed by atoms with Gasteiger partial charge in [-0.2, -0.15) is 0 Å². The van der Waals surface area contributed by atoms with Crippen molar-refractivity contribution in [3.8, 4) is 0 Å². The summed E-state index contributed by atoms with van der Waals surface area (Å²) in [5.74, 6) is -2.99. The summed E-state index contributed by atoms with van der Waals surface area (Å²) in [4.78, 5) is 35.9. The number of fused-ring (bicyclic) bond motifs is 1. The zero-order chi connectivity index (χ0) is 14.7. The predicted octanol–water partition coefficient (Wildman–Crippen LogP) is 1.16. The molecule has 0 bridgehead atoms. The molecule has 0 saturated carbocycles. The first-order chi connectivity index (χ1) is 9.58. The minimum absolute atomic E-state index is 0.132. The molecule has 0 heterocycles. The largest absolute Gasteiger partial charge is 0.468 e. The molecule has 1 atom stereocenters. The van der Waals surface area contributed by atoms with Crippen LogP contribution in [0.5, 0.6) is 0 Å². The van der Waals surface area contributed by atoms with Crippen LogP contribution in [-0.2, 0) is 30.3 Å². The maximum Gasteiger partial charge on any atom is 0.341 e. The van der Waals surface area contributed by atoms with Gasteiger partial charge in [0, 0.05) is 0 Å². The predicted molar refractivity (Wildman–Crippen MR) is 70.7 cm³/mol. The number of carbonyl (C=O) groups excluding carboxylic acids is 3. The molecule has 0 N–H and O–H groups in total. The zero-order valence-corrected chi connectivity index (χ0v) is 11.2. The van der Waals surface area contributed by atoms with Crippen LogP contribution >= 0.6 is 0 Å². The number of Topliss-reactive ketones (excluding diaryl/α,β-unsaturated/α-hetero) is 1. The molecule has 20 heavy (non-hydrogen) atoms. The number of benzene rings is 1. The first kappa shape index (κ1) is 14.0. The Kier molecular flexibility index (Phi) is 3.98. The molecule has 0 fully saturated rings. The first-order valence-corrected chi connectivity index (χ1v) is 6.08. The third kappa shape index (κ3) is 2.47. The number of esters is 2. The van der Waals surface area contributed by atoms with Gasteiger partial charge >= 0.3 is 11.9 Å². The lowest BCUT2D eigenvalue weighted by Gasteiger charge is -2.12. The van der Waals surface area contributed by atoms with E-state index in [1.54, 1.807) is 12.1 Å². The molecule has 104 valence electrons. The zero-order valence-electron chi connectivity index (χ0n) is 11.2. The van der Waals surface area contributed by atoms with Crippen molar-refractivity contribution in [2.45, 2.75) is 6.42 Å². The minimum atomic E-state index is -1.02. The lowest BCUT2D eigenvalue weighted by atomic mass is 9.93. The van der Waals surface area contributed by atoms with Gasteiger partial charge in [-0.1, -0.05) is 24.3 Å². The highest BCUT2D eigenvalue weighted by Crippen LogP contribution is 2.26. The van der Waals surface area contributed by atoms with Gasteiger partial charge in [0.25, 0.3) is 0 Å². The molecule has 0 aliphatic heterocycles. The number of hydrogen-bond donors (Lipinski definition) is 0. The van der Waals surface area contributed by atoms with Crippen LogP contribution in [0.4, 0.5) is 0 Å². The molecule has 5 heteroatoms. The van der Waals surface area contributed by atoms with E-state index in [-0.39, 0.29) is 12.0 Å². The van der Waals surface area contributed by atoms with Gasteiger partial charge in [-0.05, 0) is 23.6 Å². The SMILES string of the molecule is COC(=O)C1=Cc2ccccc2CC(C(=O)OC)C1=O. The van der Waals surface area contributed by atoms with Gasteiger partial charge in [0.15, 0.2) is 5.78 Å². The average molecular weight is 274 g/mol.